The lowest BCUT2D eigenvalue weighted by Gasteiger charge is -2.17. The molecule has 0 spiro atoms. The maximum atomic E-state index is 13.8. The van der Waals surface area contributed by atoms with Gasteiger partial charge in [0.25, 0.3) is 0 Å². The van der Waals surface area contributed by atoms with Gasteiger partial charge in [0.05, 0.1) is 6.04 Å². The molecule has 0 saturated carbocycles. The third-order valence-electron chi connectivity index (χ3n) is 2.91. The molecule has 0 aromatic heterocycles. The summed E-state index contributed by atoms with van der Waals surface area (Å²) < 4.78 is 15.6. The molecule has 0 aliphatic heterocycles. The third kappa shape index (κ3) is 3.86. The smallest absolute Gasteiger partial charge is 0.127 e. The van der Waals surface area contributed by atoms with Gasteiger partial charge in [0.2, 0.25) is 0 Å². The van der Waals surface area contributed by atoms with Gasteiger partial charge in [-0.25, -0.2) is 4.39 Å². The molecule has 1 unspecified atom stereocenters. The maximum Gasteiger partial charge on any atom is 0.127 e. The van der Waals surface area contributed by atoms with E-state index in [1.807, 2.05) is 30.3 Å². The number of nitrogens with two attached hydrogens (primary N) is 1. The molecule has 0 heterocycles. The first-order valence-electron chi connectivity index (χ1n) is 5.75. The van der Waals surface area contributed by atoms with Gasteiger partial charge in [-0.3, -0.25) is 11.3 Å². The molecular weight excluding hydrogens is 375 g/mol. The quantitative estimate of drug-likeness (QED) is 0.612. The Kier molecular flexibility index (Phi) is 5.10. The Hall–Kier alpha value is -0.750. The van der Waals surface area contributed by atoms with E-state index in [0.717, 1.165) is 14.5 Å². The summed E-state index contributed by atoms with van der Waals surface area (Å²) >= 11 is 6.63. The Balaban J connectivity index is 2.21. The SMILES string of the molecule is NNC(Cc1ccc(Br)cc1F)c1ccc(Br)cc1. The van der Waals surface area contributed by atoms with Crippen LogP contribution in [0.5, 0.6) is 0 Å². The summed E-state index contributed by atoms with van der Waals surface area (Å²) in [5, 5.41) is 0. The van der Waals surface area contributed by atoms with Crippen LogP contribution in [0.2, 0.25) is 0 Å². The minimum absolute atomic E-state index is 0.122. The maximum absolute atomic E-state index is 13.8. The molecule has 0 fully saturated rings. The Morgan fingerprint density at radius 1 is 1.05 bits per heavy atom. The molecule has 0 bridgehead atoms. The van der Waals surface area contributed by atoms with Crippen LogP contribution in [0.15, 0.2) is 51.4 Å². The van der Waals surface area contributed by atoms with Gasteiger partial charge in [0.1, 0.15) is 5.82 Å². The lowest BCUT2D eigenvalue weighted by molar-refractivity contribution is 0.529. The van der Waals surface area contributed by atoms with Crippen LogP contribution in [0.3, 0.4) is 0 Å². The lowest BCUT2D eigenvalue weighted by atomic mass is 9.99. The number of benzene rings is 2. The van der Waals surface area contributed by atoms with Gasteiger partial charge in [0, 0.05) is 8.95 Å². The third-order valence-corrected chi connectivity index (χ3v) is 3.93. The number of hydrazine groups is 1. The van der Waals surface area contributed by atoms with Gasteiger partial charge in [0.15, 0.2) is 0 Å². The van der Waals surface area contributed by atoms with Gasteiger partial charge in [-0.05, 0) is 41.8 Å². The van der Waals surface area contributed by atoms with E-state index < -0.39 is 0 Å². The van der Waals surface area contributed by atoms with Crippen molar-refractivity contribution in [2.24, 2.45) is 5.84 Å². The summed E-state index contributed by atoms with van der Waals surface area (Å²) in [5.74, 6) is 5.35. The van der Waals surface area contributed by atoms with E-state index in [2.05, 4.69) is 37.3 Å². The summed E-state index contributed by atoms with van der Waals surface area (Å²) in [4.78, 5) is 0. The summed E-state index contributed by atoms with van der Waals surface area (Å²) in [5.41, 5.74) is 4.39. The van der Waals surface area contributed by atoms with Crippen LogP contribution in [-0.4, -0.2) is 0 Å². The predicted molar refractivity (Wildman–Crippen MR) is 82.0 cm³/mol. The van der Waals surface area contributed by atoms with Crippen molar-refractivity contribution in [2.45, 2.75) is 12.5 Å². The zero-order chi connectivity index (χ0) is 13.8. The van der Waals surface area contributed by atoms with Gasteiger partial charge in [-0.15, -0.1) is 0 Å². The van der Waals surface area contributed by atoms with Crippen molar-refractivity contribution < 1.29 is 4.39 Å². The Morgan fingerprint density at radius 3 is 2.26 bits per heavy atom. The van der Waals surface area contributed by atoms with Crippen LogP contribution in [0.1, 0.15) is 17.2 Å². The minimum atomic E-state index is -0.230. The van der Waals surface area contributed by atoms with Gasteiger partial charge in [-0.1, -0.05) is 50.1 Å². The Morgan fingerprint density at radius 2 is 1.68 bits per heavy atom. The van der Waals surface area contributed by atoms with Crippen LogP contribution in [0.4, 0.5) is 4.39 Å². The molecule has 3 N–H and O–H groups in total. The number of nitrogens with one attached hydrogen (secondary N) is 1. The molecule has 100 valence electrons. The molecule has 2 aromatic carbocycles. The van der Waals surface area contributed by atoms with E-state index >= 15 is 0 Å². The van der Waals surface area contributed by atoms with E-state index in [4.69, 9.17) is 5.84 Å². The first kappa shape index (κ1) is 14.7. The molecule has 0 amide bonds. The van der Waals surface area contributed by atoms with E-state index in [1.54, 1.807) is 6.07 Å². The van der Waals surface area contributed by atoms with E-state index in [0.29, 0.717) is 12.0 Å². The number of hydrogen-bond acceptors (Lipinski definition) is 2. The molecule has 0 radical (unpaired) electrons. The second kappa shape index (κ2) is 6.61. The average Bonchev–Trinajstić information content (AvgIpc) is 2.39. The number of rotatable bonds is 4. The largest absolute Gasteiger partial charge is 0.271 e. The fourth-order valence-electron chi connectivity index (χ4n) is 1.88. The molecule has 2 aromatic rings. The molecule has 1 atom stereocenters. The molecule has 2 nitrogen and oxygen atoms in total. The summed E-state index contributed by atoms with van der Waals surface area (Å²) in [6.45, 7) is 0. The molecule has 19 heavy (non-hydrogen) atoms. The van der Waals surface area contributed by atoms with Gasteiger partial charge >= 0.3 is 0 Å². The van der Waals surface area contributed by atoms with E-state index in [-0.39, 0.29) is 11.9 Å². The normalized spacial score (nSPS) is 12.4. The molecular formula is C14H13Br2FN2. The van der Waals surface area contributed by atoms with Crippen LogP contribution in [0.25, 0.3) is 0 Å². The second-order valence-corrected chi connectivity index (χ2v) is 6.04. The van der Waals surface area contributed by atoms with Gasteiger partial charge in [-0.2, -0.15) is 0 Å². The van der Waals surface area contributed by atoms with Gasteiger partial charge < -0.3 is 0 Å². The summed E-state index contributed by atoms with van der Waals surface area (Å²) in [6.07, 6.45) is 0.497. The Bertz CT molecular complexity index is 558. The average molecular weight is 388 g/mol. The minimum Gasteiger partial charge on any atom is -0.271 e. The summed E-state index contributed by atoms with van der Waals surface area (Å²) in [7, 11) is 0. The topological polar surface area (TPSA) is 38.0 Å². The van der Waals surface area contributed by atoms with Crippen molar-refractivity contribution in [3.63, 3.8) is 0 Å². The molecule has 2 rings (SSSR count). The lowest BCUT2D eigenvalue weighted by Crippen LogP contribution is -2.29. The highest BCUT2D eigenvalue weighted by Gasteiger charge is 2.13. The molecule has 0 saturated heterocycles. The monoisotopic (exact) mass is 386 g/mol. The van der Waals surface area contributed by atoms with Crippen LogP contribution >= 0.6 is 31.9 Å². The highest BCUT2D eigenvalue weighted by molar-refractivity contribution is 9.10. The van der Waals surface area contributed by atoms with Crippen molar-refractivity contribution in [1.82, 2.24) is 5.43 Å². The number of halogens is 3. The van der Waals surface area contributed by atoms with E-state index in [9.17, 15) is 4.39 Å². The summed E-state index contributed by atoms with van der Waals surface area (Å²) in [6, 6.07) is 12.7. The highest BCUT2D eigenvalue weighted by Crippen LogP contribution is 2.23. The number of hydrogen-bond donors (Lipinski definition) is 2. The molecule has 0 aliphatic carbocycles. The highest BCUT2D eigenvalue weighted by atomic mass is 79.9. The van der Waals surface area contributed by atoms with Crippen molar-refractivity contribution in [3.05, 3.63) is 68.4 Å². The van der Waals surface area contributed by atoms with Crippen molar-refractivity contribution in [3.8, 4) is 0 Å². The first-order chi connectivity index (χ1) is 9.10. The standard InChI is InChI=1S/C14H13Br2FN2/c15-11-4-1-9(2-5-11)14(19-18)7-10-3-6-12(16)8-13(10)17/h1-6,8,14,19H,7,18H2. The zero-order valence-corrected chi connectivity index (χ0v) is 13.2. The van der Waals surface area contributed by atoms with Crippen molar-refractivity contribution >= 4 is 31.9 Å². The van der Waals surface area contributed by atoms with Crippen molar-refractivity contribution in [2.75, 3.05) is 0 Å². The first-order valence-corrected chi connectivity index (χ1v) is 7.34. The van der Waals surface area contributed by atoms with Crippen LogP contribution in [0, 0.1) is 5.82 Å². The molecule has 5 heteroatoms. The molecule has 0 aliphatic rings. The van der Waals surface area contributed by atoms with Crippen molar-refractivity contribution in [1.29, 1.82) is 0 Å². The van der Waals surface area contributed by atoms with Crippen LogP contribution < -0.4 is 11.3 Å². The zero-order valence-electron chi connectivity index (χ0n) is 10.0. The Labute approximate surface area is 128 Å². The fraction of sp³-hybridized carbons (Fsp3) is 0.143. The van der Waals surface area contributed by atoms with E-state index in [1.165, 1.54) is 6.07 Å². The predicted octanol–water partition coefficient (Wildman–Crippen LogP) is 4.10. The fourth-order valence-corrected chi connectivity index (χ4v) is 2.47. The second-order valence-electron chi connectivity index (χ2n) is 4.21. The van der Waals surface area contributed by atoms with Crippen LogP contribution in [-0.2, 0) is 6.42 Å².